The summed E-state index contributed by atoms with van der Waals surface area (Å²) >= 11 is 0. The van der Waals surface area contributed by atoms with Crippen molar-refractivity contribution in [1.82, 2.24) is 5.32 Å². The summed E-state index contributed by atoms with van der Waals surface area (Å²) in [6.07, 6.45) is 5.10. The third kappa shape index (κ3) is 2.87. The molecule has 0 bridgehead atoms. The lowest BCUT2D eigenvalue weighted by molar-refractivity contribution is -0.153. The number of ether oxygens (including phenoxy) is 1. The standard InChI is InChI=1S/C18H23NO3/c1-13-7-3-4-8-14(13)12-19-17(21)15-11-16(20)22-18(15)9-5-2-6-10-18/h3-4,7-8,15H,2,5-6,9-12H2,1H3,(H,19,21)/t15-/m1/s1. The Bertz CT molecular complexity index is 575. The van der Waals surface area contributed by atoms with E-state index < -0.39 is 5.60 Å². The predicted octanol–water partition coefficient (Wildman–Crippen LogP) is 2.88. The van der Waals surface area contributed by atoms with Crippen LogP contribution in [0.2, 0.25) is 0 Å². The van der Waals surface area contributed by atoms with Crippen LogP contribution in [-0.4, -0.2) is 17.5 Å². The van der Waals surface area contributed by atoms with Gasteiger partial charge in [-0.2, -0.15) is 0 Å². The quantitative estimate of drug-likeness (QED) is 0.873. The molecule has 1 spiro atoms. The molecule has 1 heterocycles. The van der Waals surface area contributed by atoms with Gasteiger partial charge in [0, 0.05) is 6.54 Å². The SMILES string of the molecule is Cc1ccccc1CNC(=O)[C@H]1CC(=O)OC12CCCCC2. The van der Waals surface area contributed by atoms with Crippen molar-refractivity contribution in [2.45, 2.75) is 57.6 Å². The summed E-state index contributed by atoms with van der Waals surface area (Å²) in [6, 6.07) is 8.01. The summed E-state index contributed by atoms with van der Waals surface area (Å²) in [4.78, 5) is 24.4. The number of nitrogens with one attached hydrogen (secondary N) is 1. The Morgan fingerprint density at radius 1 is 1.27 bits per heavy atom. The minimum Gasteiger partial charge on any atom is -0.458 e. The number of hydrogen-bond donors (Lipinski definition) is 1. The lowest BCUT2D eigenvalue weighted by Gasteiger charge is -2.36. The second kappa shape index (κ2) is 6.11. The highest BCUT2D eigenvalue weighted by Crippen LogP contribution is 2.44. The zero-order valence-electron chi connectivity index (χ0n) is 13.1. The number of esters is 1. The summed E-state index contributed by atoms with van der Waals surface area (Å²) in [5.74, 6) is -0.599. The molecule has 2 aliphatic rings. The molecule has 4 heteroatoms. The maximum Gasteiger partial charge on any atom is 0.307 e. The molecule has 0 aromatic heterocycles. The van der Waals surface area contributed by atoms with Crippen molar-refractivity contribution < 1.29 is 14.3 Å². The first-order chi connectivity index (χ1) is 10.6. The highest BCUT2D eigenvalue weighted by Gasteiger charge is 2.52. The number of hydrogen-bond acceptors (Lipinski definition) is 3. The topological polar surface area (TPSA) is 55.4 Å². The maximum absolute atomic E-state index is 12.6. The fourth-order valence-corrected chi connectivity index (χ4v) is 3.74. The highest BCUT2D eigenvalue weighted by molar-refractivity contribution is 5.87. The predicted molar refractivity (Wildman–Crippen MR) is 83.0 cm³/mol. The van der Waals surface area contributed by atoms with Crippen LogP contribution in [0, 0.1) is 12.8 Å². The normalized spacial score (nSPS) is 23.3. The van der Waals surface area contributed by atoms with E-state index in [-0.39, 0.29) is 24.2 Å². The zero-order chi connectivity index (χ0) is 15.6. The van der Waals surface area contributed by atoms with Crippen LogP contribution >= 0.6 is 0 Å². The van der Waals surface area contributed by atoms with E-state index in [2.05, 4.69) is 5.32 Å². The van der Waals surface area contributed by atoms with Gasteiger partial charge in [-0.15, -0.1) is 0 Å². The average Bonchev–Trinajstić information content (AvgIpc) is 2.83. The second-order valence-electron chi connectivity index (χ2n) is 6.50. The Morgan fingerprint density at radius 3 is 2.73 bits per heavy atom. The van der Waals surface area contributed by atoms with Gasteiger partial charge in [0.2, 0.25) is 5.91 Å². The Hall–Kier alpha value is -1.84. The van der Waals surface area contributed by atoms with Gasteiger partial charge in [-0.25, -0.2) is 0 Å². The molecule has 1 N–H and O–H groups in total. The third-order valence-electron chi connectivity index (χ3n) is 5.05. The van der Waals surface area contributed by atoms with Crippen LogP contribution in [0.15, 0.2) is 24.3 Å². The van der Waals surface area contributed by atoms with Crippen molar-refractivity contribution in [3.8, 4) is 0 Å². The molecular formula is C18H23NO3. The smallest absolute Gasteiger partial charge is 0.307 e. The lowest BCUT2D eigenvalue weighted by Crippen LogP contribution is -2.45. The van der Waals surface area contributed by atoms with Gasteiger partial charge in [0.25, 0.3) is 0 Å². The molecule has 1 aromatic carbocycles. The van der Waals surface area contributed by atoms with Crippen LogP contribution in [0.4, 0.5) is 0 Å². The van der Waals surface area contributed by atoms with E-state index in [1.165, 1.54) is 0 Å². The molecule has 0 radical (unpaired) electrons. The molecule has 1 saturated heterocycles. The van der Waals surface area contributed by atoms with Gasteiger partial charge >= 0.3 is 5.97 Å². The van der Waals surface area contributed by atoms with Gasteiger partial charge in [-0.1, -0.05) is 30.7 Å². The molecule has 22 heavy (non-hydrogen) atoms. The molecule has 4 nitrogen and oxygen atoms in total. The van der Waals surface area contributed by atoms with E-state index in [1.54, 1.807) is 0 Å². The van der Waals surface area contributed by atoms with E-state index in [4.69, 9.17) is 4.74 Å². The van der Waals surface area contributed by atoms with Gasteiger partial charge in [-0.05, 0) is 43.7 Å². The number of aryl methyl sites for hydroxylation is 1. The zero-order valence-corrected chi connectivity index (χ0v) is 13.1. The number of benzene rings is 1. The molecule has 1 aliphatic carbocycles. The van der Waals surface area contributed by atoms with E-state index in [9.17, 15) is 9.59 Å². The first-order valence-electron chi connectivity index (χ1n) is 8.15. The van der Waals surface area contributed by atoms with Gasteiger partial charge in [0.1, 0.15) is 5.60 Å². The monoisotopic (exact) mass is 301 g/mol. The number of amides is 1. The van der Waals surface area contributed by atoms with Gasteiger partial charge in [-0.3, -0.25) is 9.59 Å². The minimum atomic E-state index is -0.537. The molecular weight excluding hydrogens is 278 g/mol. The number of carbonyl (C=O) groups is 2. The van der Waals surface area contributed by atoms with Gasteiger partial charge in [0.15, 0.2) is 0 Å². The van der Waals surface area contributed by atoms with Crippen LogP contribution in [0.3, 0.4) is 0 Å². The van der Waals surface area contributed by atoms with E-state index in [0.717, 1.165) is 43.2 Å². The lowest BCUT2D eigenvalue weighted by atomic mass is 9.75. The largest absolute Gasteiger partial charge is 0.458 e. The van der Waals surface area contributed by atoms with Crippen molar-refractivity contribution in [2.24, 2.45) is 5.92 Å². The minimum absolute atomic E-state index is 0.0454. The van der Waals surface area contributed by atoms with Crippen molar-refractivity contribution in [3.63, 3.8) is 0 Å². The fraction of sp³-hybridized carbons (Fsp3) is 0.556. The molecule has 1 aliphatic heterocycles. The number of rotatable bonds is 3. The summed E-state index contributed by atoms with van der Waals surface area (Å²) in [7, 11) is 0. The summed E-state index contributed by atoms with van der Waals surface area (Å²) < 4.78 is 5.60. The first-order valence-corrected chi connectivity index (χ1v) is 8.15. The Kier molecular flexibility index (Phi) is 4.19. The Morgan fingerprint density at radius 2 is 2.00 bits per heavy atom. The van der Waals surface area contributed by atoms with Crippen LogP contribution in [0.25, 0.3) is 0 Å². The molecule has 0 unspecified atom stereocenters. The second-order valence-corrected chi connectivity index (χ2v) is 6.50. The van der Waals surface area contributed by atoms with Crippen LogP contribution in [0.1, 0.15) is 49.7 Å². The van der Waals surface area contributed by atoms with Crippen molar-refractivity contribution in [3.05, 3.63) is 35.4 Å². The Labute approximate surface area is 131 Å². The molecule has 1 amide bonds. The Balaban J connectivity index is 1.68. The third-order valence-corrected chi connectivity index (χ3v) is 5.05. The average molecular weight is 301 g/mol. The van der Waals surface area contributed by atoms with Gasteiger partial charge in [0.05, 0.1) is 12.3 Å². The van der Waals surface area contributed by atoms with Crippen LogP contribution < -0.4 is 5.32 Å². The van der Waals surface area contributed by atoms with E-state index >= 15 is 0 Å². The first kappa shape index (κ1) is 15.1. The highest BCUT2D eigenvalue weighted by atomic mass is 16.6. The van der Waals surface area contributed by atoms with E-state index in [0.29, 0.717) is 6.54 Å². The molecule has 1 atom stereocenters. The summed E-state index contributed by atoms with van der Waals surface area (Å²) in [6.45, 7) is 2.54. The molecule has 118 valence electrons. The molecule has 1 aromatic rings. The van der Waals surface area contributed by atoms with E-state index in [1.807, 2.05) is 31.2 Å². The van der Waals surface area contributed by atoms with Crippen molar-refractivity contribution >= 4 is 11.9 Å². The fourth-order valence-electron chi connectivity index (χ4n) is 3.74. The molecule has 1 saturated carbocycles. The molecule has 2 fully saturated rings. The maximum atomic E-state index is 12.6. The van der Waals surface area contributed by atoms with Crippen molar-refractivity contribution in [2.75, 3.05) is 0 Å². The summed E-state index contributed by atoms with van der Waals surface area (Å²) in [5, 5.41) is 3.00. The van der Waals surface area contributed by atoms with Crippen LogP contribution in [0.5, 0.6) is 0 Å². The number of carbonyl (C=O) groups excluding carboxylic acids is 2. The van der Waals surface area contributed by atoms with Crippen molar-refractivity contribution in [1.29, 1.82) is 0 Å². The van der Waals surface area contributed by atoms with Crippen LogP contribution in [-0.2, 0) is 20.9 Å². The summed E-state index contributed by atoms with van der Waals surface area (Å²) in [5.41, 5.74) is 1.73. The van der Waals surface area contributed by atoms with Gasteiger partial charge < -0.3 is 10.1 Å². The molecule has 3 rings (SSSR count).